The third kappa shape index (κ3) is 4.31. The summed E-state index contributed by atoms with van der Waals surface area (Å²) in [6.07, 6.45) is 0.799. The van der Waals surface area contributed by atoms with Crippen molar-refractivity contribution in [3.8, 4) is 5.75 Å². The summed E-state index contributed by atoms with van der Waals surface area (Å²) in [4.78, 5) is 0. The summed E-state index contributed by atoms with van der Waals surface area (Å²) in [5, 5.41) is 22.7. The molecule has 0 bridgehead atoms. The number of phenols is 1. The third-order valence-electron chi connectivity index (χ3n) is 3.69. The summed E-state index contributed by atoms with van der Waals surface area (Å²) in [5.74, 6) is 0.363. The molecular weight excluding hydrogens is 262 g/mol. The predicted octanol–water partition coefficient (Wildman–Crippen LogP) is 2.70. The van der Waals surface area contributed by atoms with Gasteiger partial charge in [-0.05, 0) is 42.5 Å². The summed E-state index contributed by atoms with van der Waals surface area (Å²) in [6.45, 7) is 4.59. The van der Waals surface area contributed by atoms with Crippen molar-refractivity contribution in [1.29, 1.82) is 0 Å². The molecule has 3 nitrogen and oxygen atoms in total. The molecule has 0 saturated heterocycles. The van der Waals surface area contributed by atoms with Crippen LogP contribution in [0.1, 0.15) is 22.3 Å². The predicted molar refractivity (Wildman–Crippen MR) is 85.4 cm³/mol. The van der Waals surface area contributed by atoms with E-state index in [2.05, 4.69) is 17.4 Å². The molecule has 2 aromatic rings. The van der Waals surface area contributed by atoms with Crippen molar-refractivity contribution < 1.29 is 10.2 Å². The van der Waals surface area contributed by atoms with Crippen LogP contribution in [0.15, 0.2) is 42.5 Å². The molecule has 0 aromatic heterocycles. The van der Waals surface area contributed by atoms with E-state index in [4.69, 9.17) is 0 Å². The fourth-order valence-electron chi connectivity index (χ4n) is 2.51. The van der Waals surface area contributed by atoms with Crippen LogP contribution < -0.4 is 5.32 Å². The van der Waals surface area contributed by atoms with Gasteiger partial charge in [-0.15, -0.1) is 0 Å². The first-order valence-corrected chi connectivity index (χ1v) is 7.27. The fourth-order valence-corrected chi connectivity index (χ4v) is 2.51. The van der Waals surface area contributed by atoms with E-state index in [0.717, 1.165) is 23.1 Å². The van der Waals surface area contributed by atoms with Gasteiger partial charge in [0, 0.05) is 12.6 Å². The number of hydrogen-bond acceptors (Lipinski definition) is 3. The van der Waals surface area contributed by atoms with Gasteiger partial charge >= 0.3 is 0 Å². The molecule has 0 aliphatic heterocycles. The van der Waals surface area contributed by atoms with E-state index in [1.807, 2.05) is 44.2 Å². The Morgan fingerprint density at radius 3 is 2.19 bits per heavy atom. The number of phenolic OH excluding ortho intramolecular Hbond substituents is 1. The van der Waals surface area contributed by atoms with Crippen LogP contribution in [-0.2, 0) is 13.0 Å². The smallest absolute Gasteiger partial charge is 0.121 e. The maximum absolute atomic E-state index is 9.79. The van der Waals surface area contributed by atoms with Crippen LogP contribution in [0.25, 0.3) is 0 Å². The molecule has 21 heavy (non-hydrogen) atoms. The highest BCUT2D eigenvalue weighted by molar-refractivity contribution is 5.42. The summed E-state index contributed by atoms with van der Waals surface area (Å²) in [6, 6.07) is 14.1. The van der Waals surface area contributed by atoms with Crippen LogP contribution in [0.4, 0.5) is 0 Å². The van der Waals surface area contributed by atoms with Gasteiger partial charge in [-0.3, -0.25) is 0 Å². The molecule has 1 atom stereocenters. The van der Waals surface area contributed by atoms with E-state index < -0.39 is 0 Å². The largest absolute Gasteiger partial charge is 0.507 e. The first-order chi connectivity index (χ1) is 10.1. The van der Waals surface area contributed by atoms with Crippen molar-refractivity contribution in [2.45, 2.75) is 32.9 Å². The number of aryl methyl sites for hydroxylation is 2. The molecular formula is C18H23NO2. The van der Waals surface area contributed by atoms with Crippen LogP contribution in [0.2, 0.25) is 0 Å². The summed E-state index contributed by atoms with van der Waals surface area (Å²) >= 11 is 0. The van der Waals surface area contributed by atoms with Gasteiger partial charge in [0.2, 0.25) is 0 Å². The molecule has 2 aromatic carbocycles. The van der Waals surface area contributed by atoms with Crippen molar-refractivity contribution in [1.82, 2.24) is 5.32 Å². The maximum atomic E-state index is 9.79. The lowest BCUT2D eigenvalue weighted by Crippen LogP contribution is -2.34. The number of aliphatic hydroxyl groups is 1. The average Bonchev–Trinajstić information content (AvgIpc) is 2.49. The highest BCUT2D eigenvalue weighted by atomic mass is 16.3. The molecule has 0 radical (unpaired) electrons. The summed E-state index contributed by atoms with van der Waals surface area (Å²) in [7, 11) is 0. The Kier molecular flexibility index (Phi) is 5.37. The zero-order valence-corrected chi connectivity index (χ0v) is 12.6. The Morgan fingerprint density at radius 2 is 1.62 bits per heavy atom. The molecule has 1 unspecified atom stereocenters. The Morgan fingerprint density at radius 1 is 1.00 bits per heavy atom. The Bertz CT molecular complexity index is 558. The number of benzene rings is 2. The van der Waals surface area contributed by atoms with E-state index in [-0.39, 0.29) is 12.6 Å². The van der Waals surface area contributed by atoms with Gasteiger partial charge in [-0.2, -0.15) is 0 Å². The first-order valence-electron chi connectivity index (χ1n) is 7.27. The molecule has 2 rings (SSSR count). The number of aliphatic hydroxyl groups excluding tert-OH is 1. The molecule has 0 spiro atoms. The third-order valence-corrected chi connectivity index (χ3v) is 3.69. The van der Waals surface area contributed by atoms with Crippen LogP contribution in [0, 0.1) is 13.8 Å². The standard InChI is InChI=1S/C18H23NO2/c1-13-8-16(9-14(2)18(13)21)11-19-17(12-20)10-15-6-4-3-5-7-15/h3-9,17,19-21H,10-12H2,1-2H3. The van der Waals surface area contributed by atoms with Crippen molar-refractivity contribution in [3.05, 3.63) is 64.7 Å². The highest BCUT2D eigenvalue weighted by Gasteiger charge is 2.09. The molecule has 3 heteroatoms. The van der Waals surface area contributed by atoms with Gasteiger partial charge in [0.05, 0.1) is 6.61 Å². The zero-order valence-electron chi connectivity index (χ0n) is 12.6. The van der Waals surface area contributed by atoms with Gasteiger partial charge in [0.25, 0.3) is 0 Å². The van der Waals surface area contributed by atoms with E-state index in [1.54, 1.807) is 0 Å². The Hall–Kier alpha value is -1.84. The highest BCUT2D eigenvalue weighted by Crippen LogP contribution is 2.22. The van der Waals surface area contributed by atoms with Crippen molar-refractivity contribution in [3.63, 3.8) is 0 Å². The van der Waals surface area contributed by atoms with Crippen molar-refractivity contribution in [2.24, 2.45) is 0 Å². The van der Waals surface area contributed by atoms with Gasteiger partial charge in [-0.1, -0.05) is 42.5 Å². The Balaban J connectivity index is 1.97. The second-order valence-corrected chi connectivity index (χ2v) is 5.53. The van der Waals surface area contributed by atoms with E-state index in [9.17, 15) is 10.2 Å². The van der Waals surface area contributed by atoms with Gasteiger partial charge in [0.1, 0.15) is 5.75 Å². The molecule has 3 N–H and O–H groups in total. The van der Waals surface area contributed by atoms with Gasteiger partial charge in [0.15, 0.2) is 0 Å². The fraction of sp³-hybridized carbons (Fsp3) is 0.333. The SMILES string of the molecule is Cc1cc(CNC(CO)Cc2ccccc2)cc(C)c1O. The van der Waals surface area contributed by atoms with Gasteiger partial charge < -0.3 is 15.5 Å². The molecule has 0 saturated carbocycles. The zero-order chi connectivity index (χ0) is 15.2. The van der Waals surface area contributed by atoms with Crippen LogP contribution >= 0.6 is 0 Å². The van der Waals surface area contributed by atoms with E-state index in [1.165, 1.54) is 5.56 Å². The molecule has 0 amide bonds. The first kappa shape index (κ1) is 15.5. The van der Waals surface area contributed by atoms with Crippen LogP contribution in [0.5, 0.6) is 5.75 Å². The minimum Gasteiger partial charge on any atom is -0.507 e. The number of nitrogens with one attached hydrogen (secondary N) is 1. The van der Waals surface area contributed by atoms with E-state index >= 15 is 0 Å². The van der Waals surface area contributed by atoms with Crippen molar-refractivity contribution in [2.75, 3.05) is 6.61 Å². The Labute approximate surface area is 126 Å². The lowest BCUT2D eigenvalue weighted by atomic mass is 10.0. The summed E-state index contributed by atoms with van der Waals surface area (Å²) in [5.41, 5.74) is 4.10. The normalized spacial score (nSPS) is 12.3. The molecule has 112 valence electrons. The second-order valence-electron chi connectivity index (χ2n) is 5.53. The topological polar surface area (TPSA) is 52.5 Å². The van der Waals surface area contributed by atoms with Gasteiger partial charge in [-0.25, -0.2) is 0 Å². The quantitative estimate of drug-likeness (QED) is 0.765. The average molecular weight is 285 g/mol. The molecule has 0 aliphatic carbocycles. The number of aromatic hydroxyl groups is 1. The maximum Gasteiger partial charge on any atom is 0.121 e. The second kappa shape index (κ2) is 7.25. The number of rotatable bonds is 6. The van der Waals surface area contributed by atoms with Crippen LogP contribution in [0.3, 0.4) is 0 Å². The lowest BCUT2D eigenvalue weighted by Gasteiger charge is -2.17. The minimum absolute atomic E-state index is 0.0295. The molecule has 0 fully saturated rings. The van der Waals surface area contributed by atoms with Crippen molar-refractivity contribution >= 4 is 0 Å². The number of hydrogen-bond donors (Lipinski definition) is 3. The van der Waals surface area contributed by atoms with E-state index in [0.29, 0.717) is 12.3 Å². The summed E-state index contributed by atoms with van der Waals surface area (Å²) < 4.78 is 0. The van der Waals surface area contributed by atoms with Crippen LogP contribution in [-0.4, -0.2) is 22.9 Å². The minimum atomic E-state index is 0.0295. The monoisotopic (exact) mass is 285 g/mol. The molecule has 0 aliphatic rings. The molecule has 0 heterocycles. The lowest BCUT2D eigenvalue weighted by molar-refractivity contribution is 0.241.